The summed E-state index contributed by atoms with van der Waals surface area (Å²) >= 11 is 0. The normalized spacial score (nSPS) is 11.8. The minimum atomic E-state index is -5.02. The van der Waals surface area contributed by atoms with Crippen LogP contribution in [0.15, 0.2) is 6.20 Å². The first-order valence-corrected chi connectivity index (χ1v) is 4.89. The van der Waals surface area contributed by atoms with Gasteiger partial charge in [-0.25, -0.2) is 18.6 Å². The zero-order valence-electron chi connectivity index (χ0n) is 9.59. The molecule has 0 aliphatic carbocycles. The van der Waals surface area contributed by atoms with Gasteiger partial charge in [-0.05, 0) is 0 Å². The first kappa shape index (κ1) is 15.3. The number of halogens is 5. The molecule has 1 rings (SSSR count). The molecule has 0 saturated heterocycles. The number of ether oxygens (including phenoxy) is 1. The fourth-order valence-electron chi connectivity index (χ4n) is 1.52. The van der Waals surface area contributed by atoms with E-state index in [9.17, 15) is 26.7 Å². The SMILES string of the molecule is COC(=O)c1ncc(C(F)(F)F)c(C(F)F)c1CN. The van der Waals surface area contributed by atoms with Crippen LogP contribution in [0.5, 0.6) is 0 Å². The summed E-state index contributed by atoms with van der Waals surface area (Å²) in [6.07, 6.45) is -8.29. The molecule has 0 atom stereocenters. The van der Waals surface area contributed by atoms with Gasteiger partial charge in [0.25, 0.3) is 6.43 Å². The summed E-state index contributed by atoms with van der Waals surface area (Å²) in [6.45, 7) is -0.693. The van der Waals surface area contributed by atoms with E-state index in [4.69, 9.17) is 5.73 Å². The number of aromatic nitrogens is 1. The van der Waals surface area contributed by atoms with Gasteiger partial charge >= 0.3 is 12.1 Å². The molecule has 0 bridgehead atoms. The number of carbonyl (C=O) groups excluding carboxylic acids is 1. The van der Waals surface area contributed by atoms with Crippen LogP contribution in [0.25, 0.3) is 0 Å². The highest BCUT2D eigenvalue weighted by molar-refractivity contribution is 5.89. The van der Waals surface area contributed by atoms with Gasteiger partial charge < -0.3 is 10.5 Å². The van der Waals surface area contributed by atoms with Crippen LogP contribution in [0, 0.1) is 0 Å². The van der Waals surface area contributed by atoms with Gasteiger partial charge in [0.05, 0.1) is 12.7 Å². The third kappa shape index (κ3) is 2.98. The fraction of sp³-hybridized carbons (Fsp3) is 0.400. The minimum Gasteiger partial charge on any atom is -0.464 e. The molecule has 0 amide bonds. The van der Waals surface area contributed by atoms with Crippen molar-refractivity contribution in [1.29, 1.82) is 0 Å². The molecular weight excluding hydrogens is 275 g/mol. The minimum absolute atomic E-state index is 0.174. The van der Waals surface area contributed by atoms with Crippen molar-refractivity contribution in [2.75, 3.05) is 7.11 Å². The maximum Gasteiger partial charge on any atom is 0.418 e. The fourth-order valence-corrected chi connectivity index (χ4v) is 1.52. The quantitative estimate of drug-likeness (QED) is 0.683. The van der Waals surface area contributed by atoms with Crippen LogP contribution in [0.4, 0.5) is 22.0 Å². The van der Waals surface area contributed by atoms with Gasteiger partial charge in [-0.1, -0.05) is 0 Å². The number of pyridine rings is 1. The predicted molar refractivity (Wildman–Crippen MR) is 53.4 cm³/mol. The van der Waals surface area contributed by atoms with Crippen molar-refractivity contribution in [3.63, 3.8) is 0 Å². The number of esters is 1. The summed E-state index contributed by atoms with van der Waals surface area (Å²) in [5.74, 6) is -1.13. The van der Waals surface area contributed by atoms with Gasteiger partial charge in [0.2, 0.25) is 0 Å². The Morgan fingerprint density at radius 2 is 2.05 bits per heavy atom. The third-order valence-electron chi connectivity index (χ3n) is 2.33. The molecule has 1 heterocycles. The Kier molecular flexibility index (Phi) is 4.40. The van der Waals surface area contributed by atoms with Crippen molar-refractivity contribution in [2.24, 2.45) is 5.73 Å². The first-order valence-electron chi connectivity index (χ1n) is 4.89. The highest BCUT2D eigenvalue weighted by Gasteiger charge is 2.39. The number of nitrogens with two attached hydrogens (primary N) is 1. The van der Waals surface area contributed by atoms with Crippen molar-refractivity contribution < 1.29 is 31.5 Å². The van der Waals surface area contributed by atoms with Gasteiger partial charge in [-0.2, -0.15) is 13.2 Å². The molecule has 1 aromatic heterocycles. The molecule has 0 radical (unpaired) electrons. The molecule has 0 spiro atoms. The summed E-state index contributed by atoms with van der Waals surface area (Å²) in [4.78, 5) is 14.5. The topological polar surface area (TPSA) is 65.2 Å². The Labute approximate surface area is 104 Å². The third-order valence-corrected chi connectivity index (χ3v) is 2.33. The van der Waals surface area contributed by atoms with Gasteiger partial charge in [-0.3, -0.25) is 0 Å². The summed E-state index contributed by atoms with van der Waals surface area (Å²) < 4.78 is 67.7. The molecule has 0 fully saturated rings. The largest absolute Gasteiger partial charge is 0.464 e. The molecule has 0 saturated carbocycles. The lowest BCUT2D eigenvalue weighted by molar-refractivity contribution is -0.139. The monoisotopic (exact) mass is 284 g/mol. The van der Waals surface area contributed by atoms with Gasteiger partial charge in [0.1, 0.15) is 0 Å². The maximum absolute atomic E-state index is 12.8. The van der Waals surface area contributed by atoms with Crippen LogP contribution in [-0.4, -0.2) is 18.1 Å². The first-order chi connectivity index (χ1) is 8.73. The van der Waals surface area contributed by atoms with E-state index >= 15 is 0 Å². The molecule has 0 unspecified atom stereocenters. The Morgan fingerprint density at radius 3 is 2.42 bits per heavy atom. The number of hydrogen-bond acceptors (Lipinski definition) is 4. The zero-order chi connectivity index (χ0) is 14.8. The van der Waals surface area contributed by atoms with E-state index in [1.165, 1.54) is 0 Å². The number of carbonyl (C=O) groups is 1. The van der Waals surface area contributed by atoms with E-state index in [-0.39, 0.29) is 6.20 Å². The molecule has 0 aliphatic rings. The Morgan fingerprint density at radius 1 is 1.47 bits per heavy atom. The number of rotatable bonds is 3. The summed E-state index contributed by atoms with van der Waals surface area (Å²) in [5, 5.41) is 0. The molecular formula is C10H9F5N2O2. The molecule has 0 aromatic carbocycles. The maximum atomic E-state index is 12.8. The second-order valence-corrected chi connectivity index (χ2v) is 3.41. The van der Waals surface area contributed by atoms with Crippen molar-refractivity contribution in [2.45, 2.75) is 19.1 Å². The van der Waals surface area contributed by atoms with E-state index < -0.39 is 47.5 Å². The number of nitrogens with zero attached hydrogens (tertiary/aromatic N) is 1. The van der Waals surface area contributed by atoms with Crippen molar-refractivity contribution in [3.8, 4) is 0 Å². The van der Waals surface area contributed by atoms with Crippen molar-refractivity contribution in [3.05, 3.63) is 28.6 Å². The van der Waals surface area contributed by atoms with Crippen LogP contribution in [0.1, 0.15) is 33.6 Å². The zero-order valence-corrected chi connectivity index (χ0v) is 9.59. The van der Waals surface area contributed by atoms with E-state index in [0.29, 0.717) is 0 Å². The molecule has 9 heteroatoms. The summed E-state index contributed by atoms with van der Waals surface area (Å²) in [7, 11) is 0.948. The summed E-state index contributed by atoms with van der Waals surface area (Å²) in [5.41, 5.74) is 0.873. The van der Waals surface area contributed by atoms with Crippen LogP contribution >= 0.6 is 0 Å². The summed E-state index contributed by atoms with van der Waals surface area (Å²) in [6, 6.07) is 0. The Balaban J connectivity index is 3.62. The highest BCUT2D eigenvalue weighted by Crippen LogP contribution is 2.38. The lowest BCUT2D eigenvalue weighted by atomic mass is 10.0. The van der Waals surface area contributed by atoms with E-state index in [0.717, 1.165) is 7.11 Å². The van der Waals surface area contributed by atoms with Crippen LogP contribution < -0.4 is 5.73 Å². The average Bonchev–Trinajstić information content (AvgIpc) is 2.34. The predicted octanol–water partition coefficient (Wildman–Crippen LogP) is 2.28. The van der Waals surface area contributed by atoms with E-state index in [2.05, 4.69) is 9.72 Å². The average molecular weight is 284 g/mol. The Hall–Kier alpha value is -1.77. The number of hydrogen-bond donors (Lipinski definition) is 1. The molecule has 2 N–H and O–H groups in total. The molecule has 106 valence electrons. The standard InChI is InChI=1S/C10H9F5N2O2/c1-19-9(18)7-4(2-16)6(8(11)12)5(3-17-7)10(13,14)15/h3,8H,2,16H2,1H3. The van der Waals surface area contributed by atoms with Gasteiger partial charge in [0, 0.05) is 23.9 Å². The van der Waals surface area contributed by atoms with E-state index in [1.54, 1.807) is 0 Å². The molecule has 1 aromatic rings. The Bertz CT molecular complexity index is 488. The number of methoxy groups -OCH3 is 1. The second kappa shape index (κ2) is 5.47. The lowest BCUT2D eigenvalue weighted by Gasteiger charge is -2.17. The molecule has 0 aliphatic heterocycles. The van der Waals surface area contributed by atoms with Crippen LogP contribution in [0.3, 0.4) is 0 Å². The van der Waals surface area contributed by atoms with Crippen LogP contribution in [0.2, 0.25) is 0 Å². The number of alkyl halides is 5. The van der Waals surface area contributed by atoms with Crippen molar-refractivity contribution in [1.82, 2.24) is 4.98 Å². The molecule has 4 nitrogen and oxygen atoms in total. The molecule has 19 heavy (non-hydrogen) atoms. The van der Waals surface area contributed by atoms with Crippen molar-refractivity contribution >= 4 is 5.97 Å². The highest BCUT2D eigenvalue weighted by atomic mass is 19.4. The van der Waals surface area contributed by atoms with Crippen LogP contribution in [-0.2, 0) is 17.5 Å². The second-order valence-electron chi connectivity index (χ2n) is 3.41. The lowest BCUT2D eigenvalue weighted by Crippen LogP contribution is -2.20. The van der Waals surface area contributed by atoms with E-state index in [1.807, 2.05) is 0 Å². The smallest absolute Gasteiger partial charge is 0.418 e. The van der Waals surface area contributed by atoms with Gasteiger partial charge in [0.15, 0.2) is 5.69 Å². The van der Waals surface area contributed by atoms with Gasteiger partial charge in [-0.15, -0.1) is 0 Å².